The molecule has 0 saturated heterocycles. The van der Waals surface area contributed by atoms with Gasteiger partial charge >= 0.3 is 0 Å². The Balaban J connectivity index is 2.14. The molecule has 134 valence electrons. The molecule has 6 heteroatoms. The average molecular weight is 362 g/mol. The molecule has 0 radical (unpaired) electrons. The van der Waals surface area contributed by atoms with E-state index in [0.717, 1.165) is 12.2 Å². The van der Waals surface area contributed by atoms with Crippen LogP contribution in [0, 0.1) is 0 Å². The highest BCUT2D eigenvalue weighted by molar-refractivity contribution is 6.34. The fourth-order valence-electron chi connectivity index (χ4n) is 2.58. The number of nitrogens with zero attached hydrogens (tertiary/aromatic N) is 2. The summed E-state index contributed by atoms with van der Waals surface area (Å²) in [5.41, 5.74) is 1.95. The second kappa shape index (κ2) is 8.72. The summed E-state index contributed by atoms with van der Waals surface area (Å²) in [5, 5.41) is 3.11. The Morgan fingerprint density at radius 3 is 2.44 bits per heavy atom. The van der Waals surface area contributed by atoms with E-state index in [9.17, 15) is 4.79 Å². The van der Waals surface area contributed by atoms with E-state index in [1.54, 1.807) is 12.1 Å². The van der Waals surface area contributed by atoms with Crippen molar-refractivity contribution >= 4 is 28.9 Å². The Labute approximate surface area is 154 Å². The minimum Gasteiger partial charge on any atom is -0.478 e. The van der Waals surface area contributed by atoms with Crippen molar-refractivity contribution in [3.8, 4) is 5.88 Å². The van der Waals surface area contributed by atoms with Gasteiger partial charge in [0.1, 0.15) is 0 Å². The number of rotatable bonds is 7. The molecule has 1 amide bonds. The summed E-state index contributed by atoms with van der Waals surface area (Å²) >= 11 is 6.09. The van der Waals surface area contributed by atoms with Crippen molar-refractivity contribution in [1.82, 2.24) is 4.98 Å². The molecule has 0 atom stereocenters. The van der Waals surface area contributed by atoms with Crippen molar-refractivity contribution < 1.29 is 9.53 Å². The number of pyridine rings is 1. The first-order valence-corrected chi connectivity index (χ1v) is 8.81. The summed E-state index contributed by atoms with van der Waals surface area (Å²) in [6.45, 7) is 9.67. The predicted octanol–water partition coefficient (Wildman–Crippen LogP) is 4.62. The largest absolute Gasteiger partial charge is 0.478 e. The predicted molar refractivity (Wildman–Crippen MR) is 103 cm³/mol. The number of aromatic nitrogens is 1. The van der Waals surface area contributed by atoms with Gasteiger partial charge in [-0.3, -0.25) is 4.79 Å². The fourth-order valence-corrected chi connectivity index (χ4v) is 2.78. The third-order valence-electron chi connectivity index (χ3n) is 3.75. The van der Waals surface area contributed by atoms with Gasteiger partial charge in [0.2, 0.25) is 5.88 Å². The highest BCUT2D eigenvalue weighted by Gasteiger charge is 2.15. The van der Waals surface area contributed by atoms with E-state index in [-0.39, 0.29) is 16.6 Å². The van der Waals surface area contributed by atoms with Crippen LogP contribution >= 0.6 is 11.6 Å². The molecule has 1 N–H and O–H groups in total. The van der Waals surface area contributed by atoms with Crippen LogP contribution in [0.1, 0.15) is 38.2 Å². The molecule has 0 aliphatic carbocycles. The SMILES string of the molecule is CCOc1ccc(Cl)c(C(=O)Nc2ccc(N(CC)C(C)C)cc2)n1. The van der Waals surface area contributed by atoms with E-state index >= 15 is 0 Å². The number of carbonyl (C=O) groups excluding carboxylic acids is 1. The Kier molecular flexibility index (Phi) is 6.65. The topological polar surface area (TPSA) is 54.5 Å². The molecule has 0 unspecified atom stereocenters. The molecule has 0 fully saturated rings. The van der Waals surface area contributed by atoms with Gasteiger partial charge < -0.3 is 15.0 Å². The zero-order valence-electron chi connectivity index (χ0n) is 15.0. The lowest BCUT2D eigenvalue weighted by Gasteiger charge is -2.27. The number of nitrogens with one attached hydrogen (secondary N) is 1. The monoisotopic (exact) mass is 361 g/mol. The number of ether oxygens (including phenoxy) is 1. The van der Waals surface area contributed by atoms with Crippen LogP contribution < -0.4 is 15.0 Å². The van der Waals surface area contributed by atoms with E-state index in [0.29, 0.717) is 24.2 Å². The van der Waals surface area contributed by atoms with Gasteiger partial charge in [0.25, 0.3) is 5.91 Å². The second-order valence-electron chi connectivity index (χ2n) is 5.79. The van der Waals surface area contributed by atoms with Crippen LogP contribution in [0.25, 0.3) is 0 Å². The van der Waals surface area contributed by atoms with E-state index in [2.05, 4.69) is 36.0 Å². The molecule has 25 heavy (non-hydrogen) atoms. The first-order chi connectivity index (χ1) is 12.0. The molecule has 5 nitrogen and oxygen atoms in total. The molecule has 0 aliphatic rings. The highest BCUT2D eigenvalue weighted by Crippen LogP contribution is 2.22. The molecule has 2 rings (SSSR count). The molecule has 0 spiro atoms. The summed E-state index contributed by atoms with van der Waals surface area (Å²) in [4.78, 5) is 18.9. The second-order valence-corrected chi connectivity index (χ2v) is 6.20. The summed E-state index contributed by atoms with van der Waals surface area (Å²) in [5.74, 6) is 0.0124. The normalized spacial score (nSPS) is 10.6. The van der Waals surface area contributed by atoms with E-state index in [1.807, 2.05) is 31.2 Å². The van der Waals surface area contributed by atoms with Crippen LogP contribution in [-0.2, 0) is 0 Å². The van der Waals surface area contributed by atoms with Crippen molar-refractivity contribution in [3.63, 3.8) is 0 Å². The van der Waals surface area contributed by atoms with Crippen LogP contribution in [0.5, 0.6) is 5.88 Å². The maximum atomic E-state index is 12.5. The van der Waals surface area contributed by atoms with Crippen LogP contribution in [0.3, 0.4) is 0 Å². The maximum Gasteiger partial charge on any atom is 0.275 e. The zero-order valence-corrected chi connectivity index (χ0v) is 15.8. The number of anilines is 2. The first-order valence-electron chi connectivity index (χ1n) is 8.43. The first kappa shape index (κ1) is 19.1. The molecule has 0 bridgehead atoms. The Bertz CT molecular complexity index is 717. The van der Waals surface area contributed by atoms with Crippen molar-refractivity contribution in [2.75, 3.05) is 23.4 Å². The van der Waals surface area contributed by atoms with Gasteiger partial charge in [-0.25, -0.2) is 4.98 Å². The van der Waals surface area contributed by atoms with Gasteiger partial charge in [-0.05, 0) is 58.0 Å². The van der Waals surface area contributed by atoms with E-state index in [1.165, 1.54) is 0 Å². The highest BCUT2D eigenvalue weighted by atomic mass is 35.5. The fraction of sp³-hybridized carbons (Fsp3) is 0.368. The zero-order chi connectivity index (χ0) is 18.4. The summed E-state index contributed by atoms with van der Waals surface area (Å²) in [6.07, 6.45) is 0. The standard InChI is InChI=1S/C19H24ClN3O2/c1-5-23(13(3)4)15-9-7-14(8-10-15)21-19(24)18-16(20)11-12-17(22-18)25-6-2/h7-13H,5-6H2,1-4H3,(H,21,24). The van der Waals surface area contributed by atoms with Crippen molar-refractivity contribution in [2.45, 2.75) is 33.7 Å². The molecule has 2 aromatic rings. The maximum absolute atomic E-state index is 12.5. The number of halogens is 1. The van der Waals surface area contributed by atoms with Gasteiger partial charge in [0.15, 0.2) is 5.69 Å². The van der Waals surface area contributed by atoms with Crippen molar-refractivity contribution in [3.05, 3.63) is 47.1 Å². The third-order valence-corrected chi connectivity index (χ3v) is 4.05. The van der Waals surface area contributed by atoms with Crippen molar-refractivity contribution in [2.24, 2.45) is 0 Å². The summed E-state index contributed by atoms with van der Waals surface area (Å²) in [7, 11) is 0. The molecule has 0 saturated carbocycles. The van der Waals surface area contributed by atoms with Gasteiger partial charge in [0, 0.05) is 30.0 Å². The van der Waals surface area contributed by atoms with E-state index in [4.69, 9.17) is 16.3 Å². The van der Waals surface area contributed by atoms with Gasteiger partial charge in [-0.1, -0.05) is 11.6 Å². The third kappa shape index (κ3) is 4.86. The molecule has 1 aromatic heterocycles. The van der Waals surface area contributed by atoms with Crippen LogP contribution in [-0.4, -0.2) is 30.1 Å². The Morgan fingerprint density at radius 1 is 1.20 bits per heavy atom. The van der Waals surface area contributed by atoms with Gasteiger partial charge in [-0.15, -0.1) is 0 Å². The Hall–Kier alpha value is -2.27. The molecule has 1 heterocycles. The van der Waals surface area contributed by atoms with Crippen molar-refractivity contribution in [1.29, 1.82) is 0 Å². The number of hydrogen-bond acceptors (Lipinski definition) is 4. The lowest BCUT2D eigenvalue weighted by atomic mass is 10.2. The minimum atomic E-state index is -0.365. The van der Waals surface area contributed by atoms with Gasteiger partial charge in [0.05, 0.1) is 11.6 Å². The summed E-state index contributed by atoms with van der Waals surface area (Å²) < 4.78 is 5.32. The molecular weight excluding hydrogens is 338 g/mol. The Morgan fingerprint density at radius 2 is 1.88 bits per heavy atom. The smallest absolute Gasteiger partial charge is 0.275 e. The number of amides is 1. The quantitative estimate of drug-likeness (QED) is 0.781. The lowest BCUT2D eigenvalue weighted by Crippen LogP contribution is -2.30. The van der Waals surface area contributed by atoms with E-state index < -0.39 is 0 Å². The van der Waals surface area contributed by atoms with Gasteiger partial charge in [-0.2, -0.15) is 0 Å². The minimum absolute atomic E-state index is 0.147. The number of carbonyl (C=O) groups is 1. The molecule has 1 aromatic carbocycles. The molecular formula is C19H24ClN3O2. The molecule has 0 aliphatic heterocycles. The van der Waals surface area contributed by atoms with Crippen LogP contribution in [0.2, 0.25) is 5.02 Å². The number of hydrogen-bond donors (Lipinski definition) is 1. The van der Waals surface area contributed by atoms with Crippen LogP contribution in [0.4, 0.5) is 11.4 Å². The number of benzene rings is 1. The average Bonchev–Trinajstić information content (AvgIpc) is 2.58. The lowest BCUT2D eigenvalue weighted by molar-refractivity contribution is 0.102. The van der Waals surface area contributed by atoms with Crippen LogP contribution in [0.15, 0.2) is 36.4 Å². The summed E-state index contributed by atoms with van der Waals surface area (Å²) in [6, 6.07) is 11.4.